The van der Waals surface area contributed by atoms with Crippen molar-refractivity contribution in [2.45, 2.75) is 45.6 Å². The van der Waals surface area contributed by atoms with E-state index < -0.39 is 11.4 Å². The molecule has 0 aliphatic heterocycles. The van der Waals surface area contributed by atoms with Crippen molar-refractivity contribution in [2.75, 3.05) is 6.61 Å². The first-order valence-electron chi connectivity index (χ1n) is 8.70. The first kappa shape index (κ1) is 18.3. The maximum absolute atomic E-state index is 12.8. The lowest BCUT2D eigenvalue weighted by molar-refractivity contribution is 0.0524. The van der Waals surface area contributed by atoms with Gasteiger partial charge in [0.25, 0.3) is 0 Å². The second-order valence-electron chi connectivity index (χ2n) is 6.53. The molecule has 0 N–H and O–H groups in total. The van der Waals surface area contributed by atoms with Crippen LogP contribution in [0.4, 0.5) is 0 Å². The average Bonchev–Trinajstić information content (AvgIpc) is 2.57. The van der Waals surface area contributed by atoms with Crippen LogP contribution >= 0.6 is 23.2 Å². The predicted molar refractivity (Wildman–Crippen MR) is 101 cm³/mol. The van der Waals surface area contributed by atoms with E-state index in [4.69, 9.17) is 27.9 Å². The summed E-state index contributed by atoms with van der Waals surface area (Å²) in [4.78, 5) is 25.0. The van der Waals surface area contributed by atoms with Crippen LogP contribution in [0.15, 0.2) is 23.1 Å². The number of ether oxygens (including phenoxy) is 1. The SMILES string of the molecule is CCOC(=O)c1cn(CC2CCCCC2)c2cc(Cl)cc(Cl)c2c1=O. The molecule has 1 aromatic heterocycles. The van der Waals surface area contributed by atoms with Crippen molar-refractivity contribution < 1.29 is 9.53 Å². The highest BCUT2D eigenvalue weighted by Crippen LogP contribution is 2.29. The molecular formula is C19H21Cl2NO3. The Kier molecular flexibility index (Phi) is 5.70. The number of nitrogens with zero attached hydrogens (tertiary/aromatic N) is 1. The van der Waals surface area contributed by atoms with Crippen LogP contribution in [0.5, 0.6) is 0 Å². The molecule has 1 aliphatic rings. The zero-order valence-corrected chi connectivity index (χ0v) is 15.7. The zero-order valence-electron chi connectivity index (χ0n) is 14.2. The van der Waals surface area contributed by atoms with Gasteiger partial charge in [0.2, 0.25) is 5.43 Å². The highest BCUT2D eigenvalue weighted by atomic mass is 35.5. The van der Waals surface area contributed by atoms with E-state index in [1.807, 2.05) is 4.57 Å². The molecule has 0 spiro atoms. The van der Waals surface area contributed by atoms with Gasteiger partial charge in [0.1, 0.15) is 5.56 Å². The van der Waals surface area contributed by atoms with Gasteiger partial charge in [-0.3, -0.25) is 4.79 Å². The molecule has 0 amide bonds. The average molecular weight is 382 g/mol. The largest absolute Gasteiger partial charge is 0.462 e. The molecule has 0 atom stereocenters. The fourth-order valence-corrected chi connectivity index (χ4v) is 4.15. The molecule has 1 heterocycles. The summed E-state index contributed by atoms with van der Waals surface area (Å²) < 4.78 is 6.99. The molecule has 1 aromatic carbocycles. The number of benzene rings is 1. The Bertz CT molecular complexity index is 854. The van der Waals surface area contributed by atoms with E-state index in [9.17, 15) is 9.59 Å². The van der Waals surface area contributed by atoms with E-state index in [-0.39, 0.29) is 17.2 Å². The van der Waals surface area contributed by atoms with Crippen molar-refractivity contribution in [3.8, 4) is 0 Å². The van der Waals surface area contributed by atoms with Gasteiger partial charge in [-0.1, -0.05) is 42.5 Å². The predicted octanol–water partition coefficient (Wildman–Crippen LogP) is 5.07. The van der Waals surface area contributed by atoms with Gasteiger partial charge in [0, 0.05) is 17.8 Å². The smallest absolute Gasteiger partial charge is 0.343 e. The normalized spacial score (nSPS) is 15.5. The lowest BCUT2D eigenvalue weighted by atomic mass is 9.89. The maximum Gasteiger partial charge on any atom is 0.343 e. The Balaban J connectivity index is 2.16. The van der Waals surface area contributed by atoms with Crippen molar-refractivity contribution in [1.82, 2.24) is 4.57 Å². The third-order valence-corrected chi connectivity index (χ3v) is 5.29. The van der Waals surface area contributed by atoms with E-state index in [1.165, 1.54) is 25.3 Å². The number of aromatic nitrogens is 1. The second-order valence-corrected chi connectivity index (χ2v) is 7.37. The van der Waals surface area contributed by atoms with Gasteiger partial charge < -0.3 is 9.30 Å². The number of halogens is 2. The van der Waals surface area contributed by atoms with Gasteiger partial charge in [-0.25, -0.2) is 4.79 Å². The molecule has 134 valence electrons. The Morgan fingerprint density at radius 2 is 1.96 bits per heavy atom. The number of esters is 1. The summed E-state index contributed by atoms with van der Waals surface area (Å²) in [6, 6.07) is 3.27. The van der Waals surface area contributed by atoms with Crippen molar-refractivity contribution in [1.29, 1.82) is 0 Å². The van der Waals surface area contributed by atoms with Crippen molar-refractivity contribution in [3.63, 3.8) is 0 Å². The summed E-state index contributed by atoms with van der Waals surface area (Å²) >= 11 is 12.4. The number of hydrogen-bond donors (Lipinski definition) is 0. The highest BCUT2D eigenvalue weighted by Gasteiger charge is 2.21. The molecule has 1 saturated carbocycles. The monoisotopic (exact) mass is 381 g/mol. The van der Waals surface area contributed by atoms with E-state index in [1.54, 1.807) is 19.2 Å². The van der Waals surface area contributed by atoms with Crippen LogP contribution in [-0.2, 0) is 11.3 Å². The molecular weight excluding hydrogens is 361 g/mol. The fraction of sp³-hybridized carbons (Fsp3) is 0.474. The molecule has 4 nitrogen and oxygen atoms in total. The number of hydrogen-bond acceptors (Lipinski definition) is 3. The molecule has 25 heavy (non-hydrogen) atoms. The number of pyridine rings is 1. The summed E-state index contributed by atoms with van der Waals surface area (Å²) in [5.41, 5.74) is 0.283. The zero-order chi connectivity index (χ0) is 18.0. The number of rotatable bonds is 4. The van der Waals surface area contributed by atoms with Gasteiger partial charge in [-0.05, 0) is 37.8 Å². The maximum atomic E-state index is 12.8. The molecule has 0 radical (unpaired) electrons. The molecule has 1 aliphatic carbocycles. The van der Waals surface area contributed by atoms with Crippen molar-refractivity contribution in [3.05, 3.63) is 44.2 Å². The Labute approximate surface area is 156 Å². The molecule has 3 rings (SSSR count). The number of carbonyl (C=O) groups excluding carboxylic acids is 1. The summed E-state index contributed by atoms with van der Waals surface area (Å²) in [6.45, 7) is 2.67. The lowest BCUT2D eigenvalue weighted by Crippen LogP contribution is -2.23. The van der Waals surface area contributed by atoms with Gasteiger partial charge in [0.15, 0.2) is 0 Å². The van der Waals surface area contributed by atoms with Crippen LogP contribution in [0.3, 0.4) is 0 Å². The van der Waals surface area contributed by atoms with Crippen LogP contribution in [0.1, 0.15) is 49.4 Å². The summed E-state index contributed by atoms with van der Waals surface area (Å²) in [7, 11) is 0. The minimum absolute atomic E-state index is 0.0226. The van der Waals surface area contributed by atoms with E-state index in [0.29, 0.717) is 21.8 Å². The van der Waals surface area contributed by atoms with Crippen LogP contribution in [0.25, 0.3) is 10.9 Å². The van der Waals surface area contributed by atoms with Crippen molar-refractivity contribution in [2.24, 2.45) is 5.92 Å². The quantitative estimate of drug-likeness (QED) is 0.694. The van der Waals surface area contributed by atoms with E-state index in [0.717, 1.165) is 19.4 Å². The highest BCUT2D eigenvalue weighted by molar-refractivity contribution is 6.38. The first-order chi connectivity index (χ1) is 12.0. The number of fused-ring (bicyclic) bond motifs is 1. The third kappa shape index (κ3) is 3.85. The van der Waals surface area contributed by atoms with Crippen LogP contribution < -0.4 is 5.43 Å². The third-order valence-electron chi connectivity index (χ3n) is 4.78. The fourth-order valence-electron chi connectivity index (χ4n) is 3.58. The van der Waals surface area contributed by atoms with Gasteiger partial charge >= 0.3 is 5.97 Å². The molecule has 0 unspecified atom stereocenters. The second kappa shape index (κ2) is 7.79. The molecule has 0 saturated heterocycles. The standard InChI is InChI=1S/C19H21Cl2NO3/c1-2-25-19(24)14-11-22(10-12-6-4-3-5-7-12)16-9-13(20)8-15(21)17(16)18(14)23/h8-9,11-12H,2-7,10H2,1H3. The summed E-state index contributed by atoms with van der Waals surface area (Å²) in [5, 5.41) is 1.06. The first-order valence-corrected chi connectivity index (χ1v) is 9.46. The molecule has 1 fully saturated rings. The van der Waals surface area contributed by atoms with Gasteiger partial charge in [-0.15, -0.1) is 0 Å². The lowest BCUT2D eigenvalue weighted by Gasteiger charge is -2.24. The molecule has 6 heteroatoms. The van der Waals surface area contributed by atoms with E-state index in [2.05, 4.69) is 0 Å². The minimum Gasteiger partial charge on any atom is -0.462 e. The van der Waals surface area contributed by atoms with Crippen LogP contribution in [0, 0.1) is 5.92 Å². The van der Waals surface area contributed by atoms with Crippen LogP contribution in [-0.4, -0.2) is 17.1 Å². The summed E-state index contributed by atoms with van der Waals surface area (Å²) in [6.07, 6.45) is 7.61. The topological polar surface area (TPSA) is 48.3 Å². The van der Waals surface area contributed by atoms with Crippen LogP contribution in [0.2, 0.25) is 10.0 Å². The Morgan fingerprint density at radius 1 is 1.24 bits per heavy atom. The number of carbonyl (C=O) groups is 1. The van der Waals surface area contributed by atoms with Gasteiger partial charge in [0.05, 0.1) is 22.5 Å². The van der Waals surface area contributed by atoms with E-state index >= 15 is 0 Å². The molecule has 0 bridgehead atoms. The Morgan fingerprint density at radius 3 is 2.64 bits per heavy atom. The van der Waals surface area contributed by atoms with Gasteiger partial charge in [-0.2, -0.15) is 0 Å². The van der Waals surface area contributed by atoms with Crippen molar-refractivity contribution >= 4 is 40.1 Å². The Hall–Kier alpha value is -1.52. The summed E-state index contributed by atoms with van der Waals surface area (Å²) in [5.74, 6) is -0.0925. The molecule has 2 aromatic rings. The minimum atomic E-state index is -0.613.